The van der Waals surface area contributed by atoms with Crippen LogP contribution >= 0.6 is 0 Å². The Kier molecular flexibility index (Phi) is 4.96. The number of halogens is 1. The number of hydrogen-bond acceptors (Lipinski definition) is 8. The Bertz CT molecular complexity index is 1300. The fourth-order valence-electron chi connectivity index (χ4n) is 5.68. The van der Waals surface area contributed by atoms with Crippen LogP contribution in [0.15, 0.2) is 24.5 Å². The largest absolute Gasteiger partial charge is 0.421 e. The average Bonchev–Trinajstić information content (AvgIpc) is 3.49. The molecule has 1 saturated carbocycles. The second-order valence-corrected chi connectivity index (χ2v) is 10.9. The van der Waals surface area contributed by atoms with Gasteiger partial charge < -0.3 is 20.7 Å². The molecular formula is C26H30FN7O. The zero-order chi connectivity index (χ0) is 24.5. The summed E-state index contributed by atoms with van der Waals surface area (Å²) in [6, 6.07) is 3.91. The molecule has 2 fully saturated rings. The zero-order valence-corrected chi connectivity index (χ0v) is 20.5. The summed E-state index contributed by atoms with van der Waals surface area (Å²) in [5.41, 5.74) is 10.5. The summed E-state index contributed by atoms with van der Waals surface area (Å²) < 4.78 is 20.6. The summed E-state index contributed by atoms with van der Waals surface area (Å²) in [4.78, 5) is 20.9. The molecule has 0 spiro atoms. The first-order chi connectivity index (χ1) is 16.7. The van der Waals surface area contributed by atoms with Crippen molar-refractivity contribution in [3.8, 4) is 22.9 Å². The van der Waals surface area contributed by atoms with Crippen LogP contribution in [0.4, 0.5) is 15.9 Å². The van der Waals surface area contributed by atoms with Crippen molar-refractivity contribution >= 4 is 11.5 Å². The van der Waals surface area contributed by atoms with Crippen molar-refractivity contribution in [3.63, 3.8) is 0 Å². The lowest BCUT2D eigenvalue weighted by atomic mass is 9.96. The molecule has 3 aliphatic rings. The molecule has 1 saturated heterocycles. The minimum atomic E-state index is -0.284. The lowest BCUT2D eigenvalue weighted by Crippen LogP contribution is -2.41. The van der Waals surface area contributed by atoms with Crippen LogP contribution in [0.1, 0.15) is 50.7 Å². The van der Waals surface area contributed by atoms with Gasteiger partial charge in [0, 0.05) is 48.8 Å². The van der Waals surface area contributed by atoms with E-state index >= 15 is 0 Å². The van der Waals surface area contributed by atoms with Crippen molar-refractivity contribution in [1.82, 2.24) is 19.9 Å². The Morgan fingerprint density at radius 2 is 1.91 bits per heavy atom. The number of rotatable bonds is 4. The number of nitrogens with two attached hydrogens (primary N) is 1. The van der Waals surface area contributed by atoms with Crippen LogP contribution in [0, 0.1) is 11.7 Å². The van der Waals surface area contributed by atoms with Gasteiger partial charge in [0.1, 0.15) is 17.5 Å². The summed E-state index contributed by atoms with van der Waals surface area (Å²) >= 11 is 0. The lowest BCUT2D eigenvalue weighted by Gasteiger charge is -2.32. The molecule has 6 rings (SSSR count). The number of nitrogens with one attached hydrogen (secondary N) is 1. The van der Waals surface area contributed by atoms with E-state index in [1.165, 1.54) is 6.07 Å². The predicted molar refractivity (Wildman–Crippen MR) is 132 cm³/mol. The molecule has 3 atom stereocenters. The standard InChI is InChI=1S/C26H30FN7O/c1-26(2,3)24-30-10-16(11-31-24)35-25-32-21-9-17-18(6-14(27)7-20(17)29-4)22(21)23(33-25)34-12-13-5-15(34)8-19(13)28/h6-7,10-11,13,15,19,29H,5,8-9,12,28H2,1-4H3/t13?,15?,19-/m0/s1. The van der Waals surface area contributed by atoms with Crippen LogP contribution in [-0.2, 0) is 11.8 Å². The number of anilines is 2. The van der Waals surface area contributed by atoms with Crippen LogP contribution in [0.25, 0.3) is 11.1 Å². The van der Waals surface area contributed by atoms with E-state index in [2.05, 4.69) is 41.0 Å². The number of nitrogens with zero attached hydrogens (tertiary/aromatic N) is 5. The molecule has 2 aromatic heterocycles. The van der Waals surface area contributed by atoms with Crippen LogP contribution in [0.5, 0.6) is 11.8 Å². The van der Waals surface area contributed by atoms with E-state index in [1.54, 1.807) is 25.5 Å². The second-order valence-electron chi connectivity index (χ2n) is 10.9. The summed E-state index contributed by atoms with van der Waals surface area (Å²) in [6.45, 7) is 7.03. The van der Waals surface area contributed by atoms with Gasteiger partial charge in [-0.2, -0.15) is 9.97 Å². The summed E-state index contributed by atoms with van der Waals surface area (Å²) in [6.07, 6.45) is 5.87. The molecule has 2 unspecified atom stereocenters. The zero-order valence-electron chi connectivity index (χ0n) is 20.5. The number of hydrogen-bond donors (Lipinski definition) is 2. The van der Waals surface area contributed by atoms with Crippen LogP contribution in [0.3, 0.4) is 0 Å². The summed E-state index contributed by atoms with van der Waals surface area (Å²) in [7, 11) is 1.81. The molecule has 3 aromatic rings. The van der Waals surface area contributed by atoms with Gasteiger partial charge >= 0.3 is 6.01 Å². The fraction of sp³-hybridized carbons (Fsp3) is 0.462. The molecule has 1 aromatic carbocycles. The van der Waals surface area contributed by atoms with Crippen LogP contribution < -0.4 is 20.7 Å². The van der Waals surface area contributed by atoms with Gasteiger partial charge in [-0.15, -0.1) is 0 Å². The van der Waals surface area contributed by atoms with Crippen molar-refractivity contribution in [2.75, 3.05) is 23.8 Å². The summed E-state index contributed by atoms with van der Waals surface area (Å²) in [5, 5.41) is 3.13. The molecule has 0 amide bonds. The van der Waals surface area contributed by atoms with E-state index in [0.29, 0.717) is 24.1 Å². The number of piperidine rings is 1. The third-order valence-electron chi connectivity index (χ3n) is 7.42. The van der Waals surface area contributed by atoms with Crippen LogP contribution in [0.2, 0.25) is 0 Å². The Morgan fingerprint density at radius 3 is 2.54 bits per heavy atom. The third-order valence-corrected chi connectivity index (χ3v) is 7.42. The molecule has 9 heteroatoms. The average molecular weight is 476 g/mol. The maximum absolute atomic E-state index is 14.5. The van der Waals surface area contributed by atoms with Crippen molar-refractivity contribution in [2.24, 2.45) is 11.7 Å². The van der Waals surface area contributed by atoms with E-state index in [-0.39, 0.29) is 23.3 Å². The third kappa shape index (κ3) is 3.69. The molecule has 3 N–H and O–H groups in total. The normalized spacial score (nSPS) is 22.3. The van der Waals surface area contributed by atoms with Gasteiger partial charge in [0.2, 0.25) is 0 Å². The Labute approximate surface area is 204 Å². The Balaban J connectivity index is 1.43. The first-order valence-electron chi connectivity index (χ1n) is 12.2. The monoisotopic (exact) mass is 475 g/mol. The molecule has 2 aliphatic carbocycles. The highest BCUT2D eigenvalue weighted by atomic mass is 19.1. The van der Waals surface area contributed by atoms with E-state index in [1.807, 2.05) is 0 Å². The van der Waals surface area contributed by atoms with Crippen molar-refractivity contribution in [2.45, 2.75) is 57.5 Å². The molecular weight excluding hydrogens is 445 g/mol. The highest BCUT2D eigenvalue weighted by Gasteiger charge is 2.45. The van der Waals surface area contributed by atoms with Gasteiger partial charge in [0.25, 0.3) is 0 Å². The fourth-order valence-corrected chi connectivity index (χ4v) is 5.68. The highest BCUT2D eigenvalue weighted by molar-refractivity contribution is 5.88. The van der Waals surface area contributed by atoms with Crippen molar-refractivity contribution in [3.05, 3.63) is 47.4 Å². The van der Waals surface area contributed by atoms with Crippen molar-refractivity contribution in [1.29, 1.82) is 0 Å². The SMILES string of the molecule is CNc1cc(F)cc2c1Cc1nc(Oc3cnc(C(C)(C)C)nc3)nc(N3CC4CC3C[C@@H]4N)c1-2. The molecule has 35 heavy (non-hydrogen) atoms. The van der Waals surface area contributed by atoms with E-state index in [0.717, 1.165) is 59.1 Å². The van der Waals surface area contributed by atoms with E-state index in [4.69, 9.17) is 20.4 Å². The number of benzene rings is 1. The Morgan fingerprint density at radius 1 is 1.14 bits per heavy atom. The minimum absolute atomic E-state index is 0.155. The van der Waals surface area contributed by atoms with Crippen LogP contribution in [-0.4, -0.2) is 45.6 Å². The maximum atomic E-state index is 14.5. The minimum Gasteiger partial charge on any atom is -0.421 e. The summed E-state index contributed by atoms with van der Waals surface area (Å²) in [5.74, 6) is 2.17. The number of aromatic nitrogens is 4. The first kappa shape index (κ1) is 22.2. The van der Waals surface area contributed by atoms with Gasteiger partial charge in [0.05, 0.1) is 18.1 Å². The van der Waals surface area contributed by atoms with Gasteiger partial charge in [-0.05, 0) is 42.0 Å². The molecule has 8 nitrogen and oxygen atoms in total. The first-order valence-corrected chi connectivity index (χ1v) is 12.2. The lowest BCUT2D eigenvalue weighted by molar-refractivity contribution is 0.429. The molecule has 2 bridgehead atoms. The highest BCUT2D eigenvalue weighted by Crippen LogP contribution is 2.49. The predicted octanol–water partition coefficient (Wildman–Crippen LogP) is 4.03. The maximum Gasteiger partial charge on any atom is 0.324 e. The molecule has 3 heterocycles. The topological polar surface area (TPSA) is 102 Å². The second kappa shape index (κ2) is 7.84. The van der Waals surface area contributed by atoms with Gasteiger partial charge in [-0.25, -0.2) is 14.4 Å². The quantitative estimate of drug-likeness (QED) is 0.456. The van der Waals surface area contributed by atoms with Gasteiger partial charge in [-0.3, -0.25) is 0 Å². The van der Waals surface area contributed by atoms with Gasteiger partial charge in [-0.1, -0.05) is 20.8 Å². The van der Waals surface area contributed by atoms with Gasteiger partial charge in [0.15, 0.2) is 5.75 Å². The number of fused-ring (bicyclic) bond motifs is 5. The molecule has 0 radical (unpaired) electrons. The number of ether oxygens (including phenoxy) is 1. The molecule has 182 valence electrons. The molecule has 1 aliphatic heterocycles. The Hall–Kier alpha value is -3.33. The van der Waals surface area contributed by atoms with Crippen molar-refractivity contribution < 1.29 is 9.13 Å². The van der Waals surface area contributed by atoms with E-state index < -0.39 is 0 Å². The smallest absolute Gasteiger partial charge is 0.324 e. The van der Waals surface area contributed by atoms with E-state index in [9.17, 15) is 4.39 Å².